The van der Waals surface area contributed by atoms with Crippen LogP contribution in [0.5, 0.6) is 0 Å². The minimum absolute atomic E-state index is 0.135. The molecular weight excluding hydrogens is 338 g/mol. The second-order valence-electron chi connectivity index (χ2n) is 5.55. The summed E-state index contributed by atoms with van der Waals surface area (Å²) in [7, 11) is 0. The molecule has 1 N–H and O–H groups in total. The molecule has 6 nitrogen and oxygen atoms in total. The summed E-state index contributed by atoms with van der Waals surface area (Å²) < 4.78 is 0.699. The van der Waals surface area contributed by atoms with Gasteiger partial charge in [-0.25, -0.2) is 9.97 Å². The largest absolute Gasteiger partial charge is 0.481 e. The van der Waals surface area contributed by atoms with Gasteiger partial charge in [-0.3, -0.25) is 14.5 Å². The number of rotatable bonds is 4. The summed E-state index contributed by atoms with van der Waals surface area (Å²) in [6, 6.07) is -0.481. The Labute approximate surface area is 131 Å². The van der Waals surface area contributed by atoms with Gasteiger partial charge < -0.3 is 5.11 Å². The maximum absolute atomic E-state index is 12.6. The molecule has 0 aromatic carbocycles. The number of hydrogen-bond donors (Lipinski definition) is 1. The summed E-state index contributed by atoms with van der Waals surface area (Å²) in [5.41, 5.74) is -0.874. The smallest absolute Gasteiger partial charge is 0.309 e. The second-order valence-corrected chi connectivity index (χ2v) is 6.47. The Kier molecular flexibility index (Phi) is 4.73. The first kappa shape index (κ1) is 16.0. The monoisotopic (exact) mass is 355 g/mol. The molecule has 2 atom stereocenters. The van der Waals surface area contributed by atoms with Crippen LogP contribution in [-0.2, 0) is 4.79 Å². The van der Waals surface area contributed by atoms with E-state index in [1.807, 2.05) is 11.8 Å². The van der Waals surface area contributed by atoms with Gasteiger partial charge in [0.25, 0.3) is 0 Å². The van der Waals surface area contributed by atoms with Crippen LogP contribution in [0.1, 0.15) is 37.3 Å². The Morgan fingerprint density at radius 1 is 1.48 bits per heavy atom. The van der Waals surface area contributed by atoms with E-state index in [1.54, 1.807) is 6.92 Å². The van der Waals surface area contributed by atoms with Gasteiger partial charge in [0.15, 0.2) is 5.82 Å². The molecule has 1 aliphatic heterocycles. The molecule has 2 unspecified atom stereocenters. The van der Waals surface area contributed by atoms with Gasteiger partial charge in [0.2, 0.25) is 5.78 Å². The van der Waals surface area contributed by atoms with E-state index in [2.05, 4.69) is 25.9 Å². The number of piperidine rings is 1. The summed E-state index contributed by atoms with van der Waals surface area (Å²) in [5.74, 6) is -0.930. The number of hydrogen-bond acceptors (Lipinski definition) is 5. The Bertz CT molecular complexity index is 549. The van der Waals surface area contributed by atoms with E-state index in [0.29, 0.717) is 24.0 Å². The molecule has 1 fully saturated rings. The molecule has 0 bridgehead atoms. The number of nitrogens with zero attached hydrogens (tertiary/aromatic N) is 3. The van der Waals surface area contributed by atoms with Crippen molar-refractivity contribution in [2.75, 3.05) is 13.1 Å². The van der Waals surface area contributed by atoms with Gasteiger partial charge in [-0.1, -0.05) is 6.92 Å². The van der Waals surface area contributed by atoms with Crippen LogP contribution in [0, 0.1) is 5.41 Å². The maximum Gasteiger partial charge on any atom is 0.309 e. The van der Waals surface area contributed by atoms with Crippen LogP contribution in [0.2, 0.25) is 0 Å². The van der Waals surface area contributed by atoms with Gasteiger partial charge in [-0.05, 0) is 48.8 Å². The zero-order chi connectivity index (χ0) is 15.6. The fourth-order valence-corrected chi connectivity index (χ4v) is 2.83. The molecule has 1 saturated heterocycles. The molecule has 0 aliphatic carbocycles. The van der Waals surface area contributed by atoms with Crippen molar-refractivity contribution in [2.45, 2.75) is 32.7 Å². The molecule has 7 heteroatoms. The minimum atomic E-state index is -0.874. The minimum Gasteiger partial charge on any atom is -0.481 e. The molecule has 0 amide bonds. The zero-order valence-electron chi connectivity index (χ0n) is 12.0. The van der Waals surface area contributed by atoms with Crippen molar-refractivity contribution < 1.29 is 14.7 Å². The van der Waals surface area contributed by atoms with E-state index in [-0.39, 0.29) is 18.0 Å². The first-order chi connectivity index (χ1) is 9.87. The number of carboxylic acid groups (broad SMARTS) is 1. The van der Waals surface area contributed by atoms with Crippen LogP contribution in [0.25, 0.3) is 0 Å². The number of aromatic nitrogens is 2. The van der Waals surface area contributed by atoms with Gasteiger partial charge in [-0.15, -0.1) is 0 Å². The average molecular weight is 356 g/mol. The van der Waals surface area contributed by atoms with Gasteiger partial charge in [0.05, 0.1) is 15.9 Å². The second kappa shape index (κ2) is 6.19. The van der Waals surface area contributed by atoms with Gasteiger partial charge >= 0.3 is 5.97 Å². The molecule has 0 saturated carbocycles. The number of aliphatic carboxylic acids is 1. The van der Waals surface area contributed by atoms with Crippen molar-refractivity contribution in [1.82, 2.24) is 14.9 Å². The molecule has 114 valence electrons. The lowest BCUT2D eigenvalue weighted by molar-refractivity contribution is -0.151. The van der Waals surface area contributed by atoms with Gasteiger partial charge in [0, 0.05) is 12.4 Å². The number of halogens is 1. The molecule has 1 aliphatic rings. The van der Waals surface area contributed by atoms with Crippen molar-refractivity contribution in [2.24, 2.45) is 5.41 Å². The standard InChI is InChI=1S/C14H18BrN3O3/c1-3-18-5-4-14(2,13(20)21)6-10(18)11(19)12-16-7-9(15)8-17-12/h7-8,10H,3-6H2,1-2H3,(H,20,21). The van der Waals surface area contributed by atoms with Crippen molar-refractivity contribution in [3.63, 3.8) is 0 Å². The van der Waals surface area contributed by atoms with Gasteiger partial charge in [0.1, 0.15) is 0 Å². The van der Waals surface area contributed by atoms with Crippen molar-refractivity contribution in [3.05, 3.63) is 22.7 Å². The maximum atomic E-state index is 12.6. The van der Waals surface area contributed by atoms with Gasteiger partial charge in [-0.2, -0.15) is 0 Å². The molecule has 0 spiro atoms. The van der Waals surface area contributed by atoms with Crippen LogP contribution in [-0.4, -0.2) is 50.9 Å². The predicted molar refractivity (Wildman–Crippen MR) is 80.1 cm³/mol. The normalized spacial score (nSPS) is 26.5. The van der Waals surface area contributed by atoms with E-state index in [4.69, 9.17) is 0 Å². The highest BCUT2D eigenvalue weighted by Crippen LogP contribution is 2.35. The molecular formula is C14H18BrN3O3. The molecule has 21 heavy (non-hydrogen) atoms. The lowest BCUT2D eigenvalue weighted by atomic mass is 9.76. The average Bonchev–Trinajstić information content (AvgIpc) is 2.47. The SMILES string of the molecule is CCN1CCC(C)(C(=O)O)CC1C(=O)c1ncc(Br)cn1. The summed E-state index contributed by atoms with van der Waals surface area (Å²) in [5, 5.41) is 9.40. The Hall–Kier alpha value is -1.34. The Morgan fingerprint density at radius 3 is 2.62 bits per heavy atom. The first-order valence-corrected chi connectivity index (χ1v) is 7.66. The molecule has 1 aromatic heterocycles. The summed E-state index contributed by atoms with van der Waals surface area (Å²) in [4.78, 5) is 34.1. The number of likely N-dealkylation sites (N-methyl/N-ethyl adjacent to an activating group) is 1. The lowest BCUT2D eigenvalue weighted by Crippen LogP contribution is -2.52. The number of ketones is 1. The Morgan fingerprint density at radius 2 is 2.10 bits per heavy atom. The zero-order valence-corrected chi connectivity index (χ0v) is 13.6. The quantitative estimate of drug-likeness (QED) is 0.831. The van der Waals surface area contributed by atoms with Crippen molar-refractivity contribution >= 4 is 27.7 Å². The van der Waals surface area contributed by atoms with E-state index in [9.17, 15) is 14.7 Å². The van der Waals surface area contributed by atoms with Crippen molar-refractivity contribution in [1.29, 1.82) is 0 Å². The topological polar surface area (TPSA) is 83.4 Å². The number of carbonyl (C=O) groups excluding carboxylic acids is 1. The van der Waals surface area contributed by atoms with Crippen LogP contribution < -0.4 is 0 Å². The highest BCUT2D eigenvalue weighted by Gasteiger charge is 2.44. The number of carboxylic acids is 1. The van der Waals surface area contributed by atoms with Crippen LogP contribution in [0.3, 0.4) is 0 Å². The highest BCUT2D eigenvalue weighted by atomic mass is 79.9. The Balaban J connectivity index is 2.26. The summed E-state index contributed by atoms with van der Waals surface area (Å²) in [6.07, 6.45) is 3.88. The fraction of sp³-hybridized carbons (Fsp3) is 0.571. The lowest BCUT2D eigenvalue weighted by Gasteiger charge is -2.41. The third kappa shape index (κ3) is 3.29. The van der Waals surface area contributed by atoms with Crippen LogP contribution in [0.4, 0.5) is 0 Å². The van der Waals surface area contributed by atoms with E-state index < -0.39 is 17.4 Å². The molecule has 2 heterocycles. The third-order valence-electron chi connectivity index (χ3n) is 4.10. The van der Waals surface area contributed by atoms with E-state index >= 15 is 0 Å². The van der Waals surface area contributed by atoms with Crippen LogP contribution in [0.15, 0.2) is 16.9 Å². The van der Waals surface area contributed by atoms with Crippen molar-refractivity contribution in [3.8, 4) is 0 Å². The first-order valence-electron chi connectivity index (χ1n) is 6.86. The highest BCUT2D eigenvalue weighted by molar-refractivity contribution is 9.10. The predicted octanol–water partition coefficient (Wildman–Crippen LogP) is 2.00. The number of likely N-dealkylation sites (tertiary alicyclic amines) is 1. The number of carbonyl (C=O) groups is 2. The van der Waals surface area contributed by atoms with Crippen LogP contribution >= 0.6 is 15.9 Å². The fourth-order valence-electron chi connectivity index (χ4n) is 2.62. The third-order valence-corrected chi connectivity index (χ3v) is 4.51. The number of Topliss-reactive ketones (excluding diaryl/α,β-unsaturated/α-hetero) is 1. The summed E-state index contributed by atoms with van der Waals surface area (Å²) >= 11 is 3.23. The summed E-state index contributed by atoms with van der Waals surface area (Å²) in [6.45, 7) is 4.95. The van der Waals surface area contributed by atoms with E-state index in [1.165, 1.54) is 12.4 Å². The molecule has 0 radical (unpaired) electrons. The van der Waals surface area contributed by atoms with E-state index in [0.717, 1.165) is 0 Å². The molecule has 1 aromatic rings. The molecule has 2 rings (SSSR count).